The number of nitrogens with zero attached hydrogens (tertiary/aromatic N) is 5. The highest BCUT2D eigenvalue weighted by atomic mass is 16.2. The number of aryl methyl sites for hydroxylation is 1. The molecule has 7 nitrogen and oxygen atoms in total. The van der Waals surface area contributed by atoms with Crippen LogP contribution in [0.1, 0.15) is 45.3 Å². The molecular formula is C22H26N6O. The maximum Gasteiger partial charge on any atom is 0.272 e. The first-order chi connectivity index (χ1) is 14.2. The predicted octanol–water partition coefficient (Wildman–Crippen LogP) is 2.33. The molecule has 2 aliphatic rings. The predicted molar refractivity (Wildman–Crippen MR) is 109 cm³/mol. The number of hydrogen-bond acceptors (Lipinski definition) is 4. The van der Waals surface area contributed by atoms with Crippen molar-refractivity contribution in [2.24, 2.45) is 7.05 Å². The topological polar surface area (TPSA) is 70.0 Å². The highest BCUT2D eigenvalue weighted by molar-refractivity contribution is 5.92. The fourth-order valence-electron chi connectivity index (χ4n) is 4.60. The normalized spacial score (nSPS) is 19.5. The van der Waals surface area contributed by atoms with Gasteiger partial charge < -0.3 is 4.90 Å². The lowest BCUT2D eigenvalue weighted by atomic mass is 9.96. The summed E-state index contributed by atoms with van der Waals surface area (Å²) in [6.07, 6.45) is 3.63. The monoisotopic (exact) mass is 390 g/mol. The van der Waals surface area contributed by atoms with E-state index in [9.17, 15) is 4.79 Å². The Kier molecular flexibility index (Phi) is 4.67. The van der Waals surface area contributed by atoms with Gasteiger partial charge in [-0.05, 0) is 18.1 Å². The van der Waals surface area contributed by atoms with Gasteiger partial charge in [0, 0.05) is 69.6 Å². The second-order valence-corrected chi connectivity index (χ2v) is 8.09. The molecule has 1 fully saturated rings. The van der Waals surface area contributed by atoms with Gasteiger partial charge in [0.05, 0.1) is 5.69 Å². The zero-order chi connectivity index (χ0) is 19.8. The van der Waals surface area contributed by atoms with Crippen LogP contribution in [0.25, 0.3) is 0 Å². The molecule has 4 heterocycles. The van der Waals surface area contributed by atoms with Gasteiger partial charge in [0.2, 0.25) is 0 Å². The molecule has 1 atom stereocenters. The summed E-state index contributed by atoms with van der Waals surface area (Å²) >= 11 is 0. The second kappa shape index (κ2) is 7.48. The number of fused-ring (bicyclic) bond motifs is 1. The van der Waals surface area contributed by atoms with E-state index in [1.54, 1.807) is 16.9 Å². The van der Waals surface area contributed by atoms with E-state index >= 15 is 0 Å². The Morgan fingerprint density at radius 3 is 2.86 bits per heavy atom. The first kappa shape index (κ1) is 18.1. The number of H-pyrrole nitrogens is 1. The van der Waals surface area contributed by atoms with Gasteiger partial charge in [-0.25, -0.2) is 0 Å². The number of rotatable bonds is 4. The van der Waals surface area contributed by atoms with Crippen molar-refractivity contribution in [3.8, 4) is 0 Å². The molecule has 1 amide bonds. The third kappa shape index (κ3) is 3.46. The van der Waals surface area contributed by atoms with Crippen LogP contribution in [0.3, 0.4) is 0 Å². The number of carbonyl (C=O) groups excluding carboxylic acids is 1. The molecule has 2 aliphatic heterocycles. The lowest BCUT2D eigenvalue weighted by molar-refractivity contribution is 0.0779. The molecule has 3 aromatic rings. The van der Waals surface area contributed by atoms with Gasteiger partial charge in [-0.2, -0.15) is 10.2 Å². The van der Waals surface area contributed by atoms with Crippen molar-refractivity contribution in [3.63, 3.8) is 0 Å². The highest BCUT2D eigenvalue weighted by Crippen LogP contribution is 2.32. The Labute approximate surface area is 170 Å². The molecule has 2 aromatic heterocycles. The van der Waals surface area contributed by atoms with E-state index in [1.807, 2.05) is 11.9 Å². The van der Waals surface area contributed by atoms with Crippen molar-refractivity contribution >= 4 is 5.91 Å². The van der Waals surface area contributed by atoms with Gasteiger partial charge in [0.15, 0.2) is 0 Å². The molecule has 1 aromatic carbocycles. The summed E-state index contributed by atoms with van der Waals surface area (Å²) in [5, 5.41) is 12.1. The van der Waals surface area contributed by atoms with Gasteiger partial charge in [-0.15, -0.1) is 0 Å². The van der Waals surface area contributed by atoms with E-state index < -0.39 is 0 Å². The van der Waals surface area contributed by atoms with Crippen LogP contribution in [0, 0.1) is 0 Å². The van der Waals surface area contributed by atoms with Crippen LogP contribution in [-0.4, -0.2) is 55.3 Å². The quantitative estimate of drug-likeness (QED) is 0.742. The summed E-state index contributed by atoms with van der Waals surface area (Å²) in [5.41, 5.74) is 5.74. The zero-order valence-electron chi connectivity index (χ0n) is 16.7. The van der Waals surface area contributed by atoms with Crippen molar-refractivity contribution in [2.75, 3.05) is 19.6 Å². The zero-order valence-corrected chi connectivity index (χ0v) is 16.7. The lowest BCUT2D eigenvalue weighted by Crippen LogP contribution is -2.31. The minimum absolute atomic E-state index is 0.0580. The molecule has 5 rings (SSSR count). The number of carbonyl (C=O) groups is 1. The molecule has 1 unspecified atom stereocenters. The van der Waals surface area contributed by atoms with Gasteiger partial charge in [-0.1, -0.05) is 30.3 Å². The smallest absolute Gasteiger partial charge is 0.272 e. The Morgan fingerprint density at radius 2 is 2.07 bits per heavy atom. The molecule has 29 heavy (non-hydrogen) atoms. The van der Waals surface area contributed by atoms with E-state index in [1.165, 1.54) is 16.8 Å². The van der Waals surface area contributed by atoms with E-state index in [0.717, 1.165) is 51.3 Å². The molecule has 0 spiro atoms. The molecule has 150 valence electrons. The largest absolute Gasteiger partial charge is 0.337 e. The van der Waals surface area contributed by atoms with Gasteiger partial charge in [0.1, 0.15) is 5.69 Å². The molecule has 1 N–H and O–H groups in total. The molecule has 0 aliphatic carbocycles. The molecular weight excluding hydrogens is 364 g/mol. The fourth-order valence-corrected chi connectivity index (χ4v) is 4.60. The van der Waals surface area contributed by atoms with E-state index in [-0.39, 0.29) is 5.91 Å². The molecule has 0 radical (unpaired) electrons. The van der Waals surface area contributed by atoms with Crippen LogP contribution in [-0.2, 0) is 26.6 Å². The van der Waals surface area contributed by atoms with E-state index in [4.69, 9.17) is 0 Å². The molecule has 7 heteroatoms. The van der Waals surface area contributed by atoms with E-state index in [2.05, 4.69) is 50.5 Å². The number of hydrogen-bond donors (Lipinski definition) is 1. The first-order valence-corrected chi connectivity index (χ1v) is 10.3. The van der Waals surface area contributed by atoms with Crippen molar-refractivity contribution < 1.29 is 4.79 Å². The minimum Gasteiger partial charge on any atom is -0.337 e. The highest BCUT2D eigenvalue weighted by Gasteiger charge is 2.33. The third-order valence-corrected chi connectivity index (χ3v) is 6.20. The van der Waals surface area contributed by atoms with Crippen LogP contribution in [0.15, 0.2) is 42.6 Å². The lowest BCUT2D eigenvalue weighted by Gasteiger charge is -2.27. The van der Waals surface area contributed by atoms with Gasteiger partial charge in [0.25, 0.3) is 5.91 Å². The Balaban J connectivity index is 1.29. The van der Waals surface area contributed by atoms with E-state index in [0.29, 0.717) is 11.6 Å². The van der Waals surface area contributed by atoms with Crippen molar-refractivity contribution in [3.05, 3.63) is 70.8 Å². The minimum atomic E-state index is 0.0580. The number of aromatic amines is 1. The average Bonchev–Trinajstić information content (AvgIpc) is 3.47. The molecule has 0 bridgehead atoms. The standard InChI is InChI=1S/C22H26N6O/c1-26-20(7-10-23-26)22(29)28-12-8-17(14-28)21-18-15-27(11-9-19(18)24-25-21)13-16-5-3-2-4-6-16/h2-7,10,17H,8-9,11-15H2,1H3,(H,24,25). The van der Waals surface area contributed by atoms with Gasteiger partial charge >= 0.3 is 0 Å². The Morgan fingerprint density at radius 1 is 1.21 bits per heavy atom. The summed E-state index contributed by atoms with van der Waals surface area (Å²) in [4.78, 5) is 17.2. The summed E-state index contributed by atoms with van der Waals surface area (Å²) in [6.45, 7) is 4.41. The molecule has 0 saturated carbocycles. The van der Waals surface area contributed by atoms with Crippen LogP contribution < -0.4 is 0 Å². The Bertz CT molecular complexity index is 1010. The summed E-state index contributed by atoms with van der Waals surface area (Å²) in [7, 11) is 1.81. The molecule has 1 saturated heterocycles. The Hall–Kier alpha value is -2.93. The van der Waals surface area contributed by atoms with Crippen molar-refractivity contribution in [2.45, 2.75) is 31.8 Å². The number of aromatic nitrogens is 4. The SMILES string of the molecule is Cn1nccc1C(=O)N1CCC(c2n[nH]c3c2CN(Cc2ccccc2)CC3)C1. The second-order valence-electron chi connectivity index (χ2n) is 8.09. The fraction of sp³-hybridized carbons (Fsp3) is 0.409. The number of benzene rings is 1. The maximum atomic E-state index is 12.8. The third-order valence-electron chi connectivity index (χ3n) is 6.20. The summed E-state index contributed by atoms with van der Waals surface area (Å²) in [6, 6.07) is 12.4. The average molecular weight is 390 g/mol. The van der Waals surface area contributed by atoms with Crippen LogP contribution >= 0.6 is 0 Å². The summed E-state index contributed by atoms with van der Waals surface area (Å²) in [5.74, 6) is 0.353. The number of nitrogens with one attached hydrogen (secondary N) is 1. The number of amides is 1. The summed E-state index contributed by atoms with van der Waals surface area (Å²) < 4.78 is 1.65. The van der Waals surface area contributed by atoms with Crippen LogP contribution in [0.4, 0.5) is 0 Å². The maximum absolute atomic E-state index is 12.8. The first-order valence-electron chi connectivity index (χ1n) is 10.3. The van der Waals surface area contributed by atoms with Crippen molar-refractivity contribution in [1.29, 1.82) is 0 Å². The van der Waals surface area contributed by atoms with Crippen molar-refractivity contribution in [1.82, 2.24) is 29.8 Å². The van der Waals surface area contributed by atoms with Crippen LogP contribution in [0.2, 0.25) is 0 Å². The number of likely N-dealkylation sites (tertiary alicyclic amines) is 1. The van der Waals surface area contributed by atoms with Crippen LogP contribution in [0.5, 0.6) is 0 Å². The van der Waals surface area contributed by atoms with Gasteiger partial charge in [-0.3, -0.25) is 19.5 Å².